The normalized spacial score (nSPS) is 20.8. The molecule has 0 aromatic carbocycles. The van der Waals surface area contributed by atoms with Crippen molar-refractivity contribution in [3.8, 4) is 0 Å². The van der Waals surface area contributed by atoms with E-state index in [9.17, 15) is 0 Å². The van der Waals surface area contributed by atoms with Crippen LogP contribution in [0.15, 0.2) is 4.42 Å². The van der Waals surface area contributed by atoms with Crippen LogP contribution in [0.1, 0.15) is 50.8 Å². The summed E-state index contributed by atoms with van der Waals surface area (Å²) in [5.74, 6) is 1.56. The monoisotopic (exact) mass is 180 g/mol. The first-order valence-corrected chi connectivity index (χ1v) is 5.07. The third-order valence-electron chi connectivity index (χ3n) is 3.22. The van der Waals surface area contributed by atoms with Gasteiger partial charge in [-0.3, -0.25) is 0 Å². The molecule has 0 amide bonds. The Bertz CT molecular complexity index is 287. The van der Waals surface area contributed by atoms with Crippen molar-refractivity contribution in [2.45, 2.75) is 51.4 Å². The van der Waals surface area contributed by atoms with Gasteiger partial charge in [-0.15, -0.1) is 10.2 Å². The first-order valence-electron chi connectivity index (χ1n) is 5.07. The quantitative estimate of drug-likeness (QED) is 0.702. The van der Waals surface area contributed by atoms with Gasteiger partial charge in [-0.25, -0.2) is 0 Å². The van der Waals surface area contributed by atoms with Crippen molar-refractivity contribution < 1.29 is 4.42 Å². The van der Waals surface area contributed by atoms with Crippen molar-refractivity contribution in [3.05, 3.63) is 11.8 Å². The van der Waals surface area contributed by atoms with Crippen LogP contribution in [0.3, 0.4) is 0 Å². The van der Waals surface area contributed by atoms with E-state index in [-0.39, 0.29) is 5.41 Å². The lowest BCUT2D eigenvalue weighted by molar-refractivity contribution is 0.309. The molecule has 0 bridgehead atoms. The van der Waals surface area contributed by atoms with Gasteiger partial charge in [0, 0.05) is 12.3 Å². The molecule has 0 radical (unpaired) electrons. The summed E-state index contributed by atoms with van der Waals surface area (Å²) in [7, 11) is 0. The molecule has 0 saturated heterocycles. The molecule has 0 aliphatic heterocycles. The van der Waals surface area contributed by atoms with E-state index in [0.29, 0.717) is 5.89 Å². The van der Waals surface area contributed by atoms with Gasteiger partial charge in [-0.2, -0.15) is 0 Å². The zero-order valence-electron chi connectivity index (χ0n) is 8.34. The van der Waals surface area contributed by atoms with Crippen molar-refractivity contribution >= 4 is 0 Å². The molecular formula is C10H16N2O. The van der Waals surface area contributed by atoms with Crippen LogP contribution in [-0.2, 0) is 5.41 Å². The summed E-state index contributed by atoms with van der Waals surface area (Å²) < 4.78 is 5.54. The van der Waals surface area contributed by atoms with E-state index in [2.05, 4.69) is 17.1 Å². The summed E-state index contributed by atoms with van der Waals surface area (Å²) in [4.78, 5) is 0. The van der Waals surface area contributed by atoms with Crippen LogP contribution < -0.4 is 0 Å². The summed E-state index contributed by atoms with van der Waals surface area (Å²) in [5, 5.41) is 8.06. The number of aromatic nitrogens is 2. The topological polar surface area (TPSA) is 38.9 Å². The minimum absolute atomic E-state index is 0.210. The molecule has 1 heterocycles. The molecule has 3 nitrogen and oxygen atoms in total. The highest BCUT2D eigenvalue weighted by Crippen LogP contribution is 2.42. The van der Waals surface area contributed by atoms with Crippen LogP contribution in [-0.4, -0.2) is 10.2 Å². The summed E-state index contributed by atoms with van der Waals surface area (Å²) in [5.41, 5.74) is 0.210. The van der Waals surface area contributed by atoms with Gasteiger partial charge in [-0.1, -0.05) is 19.8 Å². The zero-order valence-corrected chi connectivity index (χ0v) is 8.34. The van der Waals surface area contributed by atoms with Crippen molar-refractivity contribution in [1.29, 1.82) is 0 Å². The van der Waals surface area contributed by atoms with Crippen molar-refractivity contribution in [2.75, 3.05) is 0 Å². The highest BCUT2D eigenvalue weighted by molar-refractivity contribution is 5.06. The van der Waals surface area contributed by atoms with Crippen LogP contribution in [0.5, 0.6) is 0 Å². The lowest BCUT2D eigenvalue weighted by Crippen LogP contribution is -2.21. The summed E-state index contributed by atoms with van der Waals surface area (Å²) in [6.45, 7) is 4.07. The molecule has 72 valence electrons. The number of nitrogens with zero attached hydrogens (tertiary/aromatic N) is 2. The van der Waals surface area contributed by atoms with Gasteiger partial charge in [0.25, 0.3) is 0 Å². The Balaban J connectivity index is 2.30. The van der Waals surface area contributed by atoms with Gasteiger partial charge in [0.15, 0.2) is 0 Å². The van der Waals surface area contributed by atoms with E-state index in [1.807, 2.05) is 6.92 Å². The molecule has 1 fully saturated rings. The van der Waals surface area contributed by atoms with Crippen LogP contribution in [0.4, 0.5) is 0 Å². The maximum atomic E-state index is 5.54. The van der Waals surface area contributed by atoms with Gasteiger partial charge >= 0.3 is 0 Å². The van der Waals surface area contributed by atoms with Crippen LogP contribution >= 0.6 is 0 Å². The fourth-order valence-electron chi connectivity index (χ4n) is 2.28. The fraction of sp³-hybridized carbons (Fsp3) is 0.800. The average molecular weight is 180 g/mol. The minimum Gasteiger partial charge on any atom is -0.425 e. The lowest BCUT2D eigenvalue weighted by atomic mass is 9.83. The smallest absolute Gasteiger partial charge is 0.222 e. The molecule has 0 atom stereocenters. The van der Waals surface area contributed by atoms with E-state index >= 15 is 0 Å². The van der Waals surface area contributed by atoms with Gasteiger partial charge in [0.2, 0.25) is 11.8 Å². The summed E-state index contributed by atoms with van der Waals surface area (Å²) in [6.07, 6.45) is 6.15. The third kappa shape index (κ3) is 1.36. The van der Waals surface area contributed by atoms with Gasteiger partial charge in [0.05, 0.1) is 0 Å². The number of hydrogen-bond acceptors (Lipinski definition) is 3. The molecular weight excluding hydrogens is 164 g/mol. The Kier molecular flexibility index (Phi) is 2.10. The maximum absolute atomic E-state index is 5.54. The van der Waals surface area contributed by atoms with Crippen LogP contribution in [0.25, 0.3) is 0 Å². The second-order valence-electron chi connectivity index (χ2n) is 3.97. The molecule has 1 aromatic rings. The van der Waals surface area contributed by atoms with E-state index in [1.165, 1.54) is 25.7 Å². The molecule has 1 aromatic heterocycles. The van der Waals surface area contributed by atoms with Gasteiger partial charge in [0.1, 0.15) is 0 Å². The average Bonchev–Trinajstić information content (AvgIpc) is 2.73. The predicted octanol–water partition coefficient (Wildman–Crippen LogP) is 2.60. The Morgan fingerprint density at radius 1 is 1.31 bits per heavy atom. The first kappa shape index (κ1) is 8.73. The van der Waals surface area contributed by atoms with Gasteiger partial charge in [-0.05, 0) is 19.3 Å². The summed E-state index contributed by atoms with van der Waals surface area (Å²) in [6, 6.07) is 0. The molecule has 0 N–H and O–H groups in total. The van der Waals surface area contributed by atoms with E-state index in [1.54, 1.807) is 0 Å². The number of hydrogen-bond donors (Lipinski definition) is 0. The Labute approximate surface area is 78.5 Å². The maximum Gasteiger partial charge on any atom is 0.222 e. The third-order valence-corrected chi connectivity index (χ3v) is 3.22. The molecule has 1 aliphatic carbocycles. The fourth-order valence-corrected chi connectivity index (χ4v) is 2.28. The lowest BCUT2D eigenvalue weighted by Gasteiger charge is -2.22. The second-order valence-corrected chi connectivity index (χ2v) is 3.97. The van der Waals surface area contributed by atoms with Crippen molar-refractivity contribution in [2.24, 2.45) is 0 Å². The molecule has 2 rings (SSSR count). The summed E-state index contributed by atoms with van der Waals surface area (Å²) >= 11 is 0. The molecule has 1 saturated carbocycles. The van der Waals surface area contributed by atoms with Crippen molar-refractivity contribution in [3.63, 3.8) is 0 Å². The Morgan fingerprint density at radius 2 is 2.00 bits per heavy atom. The molecule has 0 spiro atoms. The predicted molar refractivity (Wildman–Crippen MR) is 49.5 cm³/mol. The van der Waals surface area contributed by atoms with Crippen molar-refractivity contribution in [1.82, 2.24) is 10.2 Å². The number of rotatable bonds is 2. The number of aryl methyl sites for hydroxylation is 1. The zero-order chi connectivity index (χ0) is 9.31. The Hall–Kier alpha value is -0.860. The standard InChI is InChI=1S/C10H16N2O/c1-3-10(6-4-5-7-10)9-12-11-8(2)13-9/h3-7H2,1-2H3. The van der Waals surface area contributed by atoms with E-state index < -0.39 is 0 Å². The minimum atomic E-state index is 0.210. The van der Waals surface area contributed by atoms with Crippen LogP contribution in [0, 0.1) is 6.92 Å². The SMILES string of the molecule is CCC1(c2nnc(C)o2)CCCC1. The van der Waals surface area contributed by atoms with Gasteiger partial charge < -0.3 is 4.42 Å². The van der Waals surface area contributed by atoms with Crippen LogP contribution in [0.2, 0.25) is 0 Å². The molecule has 3 heteroatoms. The second kappa shape index (κ2) is 3.13. The first-order chi connectivity index (χ1) is 6.27. The van der Waals surface area contributed by atoms with E-state index in [0.717, 1.165) is 12.3 Å². The Morgan fingerprint density at radius 3 is 2.46 bits per heavy atom. The molecule has 0 unspecified atom stereocenters. The highest BCUT2D eigenvalue weighted by Gasteiger charge is 2.38. The van der Waals surface area contributed by atoms with E-state index in [4.69, 9.17) is 4.42 Å². The largest absolute Gasteiger partial charge is 0.425 e. The highest BCUT2D eigenvalue weighted by atomic mass is 16.4. The molecule has 1 aliphatic rings. The molecule has 13 heavy (non-hydrogen) atoms.